The van der Waals surface area contributed by atoms with Gasteiger partial charge in [-0.1, -0.05) is 308 Å². The largest absolute Gasteiger partial charge is 0.462 e. The van der Waals surface area contributed by atoms with E-state index in [4.69, 9.17) is 14.2 Å². The van der Waals surface area contributed by atoms with E-state index in [1.54, 1.807) is 0 Å². The van der Waals surface area contributed by atoms with Crippen molar-refractivity contribution in [3.05, 3.63) is 24.3 Å². The molecule has 0 spiro atoms. The summed E-state index contributed by atoms with van der Waals surface area (Å²) >= 11 is 0. The van der Waals surface area contributed by atoms with Gasteiger partial charge in [0, 0.05) is 19.3 Å². The molecule has 0 rings (SSSR count). The summed E-state index contributed by atoms with van der Waals surface area (Å²) in [5, 5.41) is 0. The predicted molar refractivity (Wildman–Crippen MR) is 321 cm³/mol. The average Bonchev–Trinajstić information content (AvgIpc) is 3.40. The molecule has 436 valence electrons. The van der Waals surface area contributed by atoms with Crippen molar-refractivity contribution in [3.8, 4) is 0 Å². The number of allylic oxidation sites excluding steroid dienone is 4. The number of hydrogen-bond donors (Lipinski definition) is 0. The first-order valence-electron chi connectivity index (χ1n) is 33.3. The van der Waals surface area contributed by atoms with Gasteiger partial charge in [0.2, 0.25) is 0 Å². The highest BCUT2D eigenvalue weighted by molar-refractivity contribution is 5.71. The molecule has 0 saturated heterocycles. The zero-order valence-corrected chi connectivity index (χ0v) is 50.1. The van der Waals surface area contributed by atoms with E-state index in [0.29, 0.717) is 19.3 Å². The van der Waals surface area contributed by atoms with E-state index in [-0.39, 0.29) is 31.1 Å². The summed E-state index contributed by atoms with van der Waals surface area (Å²) in [6.07, 6.45) is 76.3. The van der Waals surface area contributed by atoms with E-state index in [2.05, 4.69) is 45.1 Å². The van der Waals surface area contributed by atoms with Crippen molar-refractivity contribution >= 4 is 17.9 Å². The Morgan fingerprint density at radius 2 is 0.446 bits per heavy atom. The van der Waals surface area contributed by atoms with Crippen molar-refractivity contribution in [2.75, 3.05) is 13.2 Å². The normalized spacial score (nSPS) is 12.1. The van der Waals surface area contributed by atoms with Gasteiger partial charge >= 0.3 is 17.9 Å². The molecule has 0 amide bonds. The number of hydrogen-bond acceptors (Lipinski definition) is 6. The lowest BCUT2D eigenvalue weighted by Gasteiger charge is -2.18. The molecule has 0 fully saturated rings. The van der Waals surface area contributed by atoms with E-state index >= 15 is 0 Å². The van der Waals surface area contributed by atoms with Gasteiger partial charge in [-0.15, -0.1) is 0 Å². The molecule has 1 unspecified atom stereocenters. The molecule has 0 N–H and O–H groups in total. The van der Waals surface area contributed by atoms with E-state index in [1.165, 1.54) is 270 Å². The van der Waals surface area contributed by atoms with Gasteiger partial charge in [0.1, 0.15) is 13.2 Å². The van der Waals surface area contributed by atoms with Crippen molar-refractivity contribution in [2.45, 2.75) is 380 Å². The Morgan fingerprint density at radius 1 is 0.257 bits per heavy atom. The monoisotopic (exact) mass is 1040 g/mol. The SMILES string of the molecule is CCCCCCCCC/C=C\CCCCCCCC(=O)OC(COC(=O)CCCCCCCCCCCCCCC)COC(=O)CCCCCCCCCCCCCCCCC/C=C\CCCCCCCCCC. The Balaban J connectivity index is 4.19. The average molecular weight is 1040 g/mol. The van der Waals surface area contributed by atoms with Crippen molar-refractivity contribution in [1.82, 2.24) is 0 Å². The second-order valence-electron chi connectivity index (χ2n) is 22.7. The molecule has 0 aromatic carbocycles. The van der Waals surface area contributed by atoms with Crippen molar-refractivity contribution in [3.63, 3.8) is 0 Å². The van der Waals surface area contributed by atoms with Crippen LogP contribution in [0.3, 0.4) is 0 Å². The highest BCUT2D eigenvalue weighted by Gasteiger charge is 2.19. The fraction of sp³-hybridized carbons (Fsp3) is 0.897. The number of esters is 3. The zero-order chi connectivity index (χ0) is 53.6. The number of rotatable bonds is 62. The maximum atomic E-state index is 12.9. The Hall–Kier alpha value is -2.11. The lowest BCUT2D eigenvalue weighted by atomic mass is 10.0. The maximum Gasteiger partial charge on any atom is 0.306 e. The summed E-state index contributed by atoms with van der Waals surface area (Å²) in [5.74, 6) is -0.850. The third-order valence-corrected chi connectivity index (χ3v) is 15.2. The van der Waals surface area contributed by atoms with Crippen LogP contribution >= 0.6 is 0 Å². The number of unbranched alkanes of at least 4 members (excludes halogenated alkanes) is 47. The topological polar surface area (TPSA) is 78.9 Å². The molecule has 0 aliphatic heterocycles. The first-order valence-corrected chi connectivity index (χ1v) is 33.3. The summed E-state index contributed by atoms with van der Waals surface area (Å²) in [6, 6.07) is 0. The molecule has 1 atom stereocenters. The Labute approximate surface area is 462 Å². The van der Waals surface area contributed by atoms with Crippen LogP contribution in [0.2, 0.25) is 0 Å². The highest BCUT2D eigenvalue weighted by Crippen LogP contribution is 2.18. The minimum atomic E-state index is -0.772. The van der Waals surface area contributed by atoms with Crippen LogP contribution in [0, 0.1) is 0 Å². The molecule has 6 heteroatoms. The summed E-state index contributed by atoms with van der Waals surface area (Å²) in [5.41, 5.74) is 0. The smallest absolute Gasteiger partial charge is 0.306 e. The fourth-order valence-corrected chi connectivity index (χ4v) is 10.1. The van der Waals surface area contributed by atoms with Crippen LogP contribution in [0.25, 0.3) is 0 Å². The van der Waals surface area contributed by atoms with Crippen molar-refractivity contribution in [1.29, 1.82) is 0 Å². The molecule has 6 nitrogen and oxygen atoms in total. The lowest BCUT2D eigenvalue weighted by molar-refractivity contribution is -0.167. The van der Waals surface area contributed by atoms with Crippen LogP contribution in [0.4, 0.5) is 0 Å². The van der Waals surface area contributed by atoms with Gasteiger partial charge in [-0.3, -0.25) is 14.4 Å². The van der Waals surface area contributed by atoms with Crippen LogP contribution in [0.1, 0.15) is 374 Å². The summed E-state index contributed by atoms with van der Waals surface area (Å²) in [4.78, 5) is 38.3. The van der Waals surface area contributed by atoms with Crippen molar-refractivity contribution < 1.29 is 28.6 Å². The minimum Gasteiger partial charge on any atom is -0.462 e. The van der Waals surface area contributed by atoms with E-state index < -0.39 is 6.10 Å². The lowest BCUT2D eigenvalue weighted by Crippen LogP contribution is -2.30. The third-order valence-electron chi connectivity index (χ3n) is 15.2. The molecule has 0 aliphatic rings. The molecular weight excluding hydrogens is 913 g/mol. The minimum absolute atomic E-state index is 0.0689. The first-order chi connectivity index (χ1) is 36.5. The molecule has 0 bridgehead atoms. The Kier molecular flexibility index (Phi) is 61.6. The summed E-state index contributed by atoms with van der Waals surface area (Å²) < 4.78 is 16.9. The van der Waals surface area contributed by atoms with Gasteiger partial charge in [0.05, 0.1) is 0 Å². The number of ether oxygens (including phenoxy) is 3. The molecular formula is C68H128O6. The number of carbonyl (C=O) groups excluding carboxylic acids is 3. The molecule has 0 aromatic rings. The van der Waals surface area contributed by atoms with E-state index in [1.807, 2.05) is 0 Å². The second kappa shape index (κ2) is 63.4. The standard InChI is InChI=1S/C68H128O6/c1-4-7-10-13-16-19-22-25-27-29-30-31-32-33-34-35-36-37-38-39-41-43-46-49-52-55-58-61-67(70)73-64-65(63-72-66(69)60-57-54-51-48-45-42-24-21-18-15-12-9-6-3)74-68(71)62-59-56-53-50-47-44-40-28-26-23-20-17-14-11-8-5-2/h28-30,40,65H,4-27,31-39,41-64H2,1-3H3/b30-29-,40-28-. The molecule has 74 heavy (non-hydrogen) atoms. The molecule has 0 heterocycles. The quantitative estimate of drug-likeness (QED) is 0.0261. The first kappa shape index (κ1) is 71.9. The van der Waals surface area contributed by atoms with Crippen LogP contribution in [-0.4, -0.2) is 37.2 Å². The molecule has 0 radical (unpaired) electrons. The van der Waals surface area contributed by atoms with Crippen LogP contribution < -0.4 is 0 Å². The fourth-order valence-electron chi connectivity index (χ4n) is 10.1. The van der Waals surface area contributed by atoms with Crippen molar-refractivity contribution in [2.24, 2.45) is 0 Å². The van der Waals surface area contributed by atoms with Crippen LogP contribution in [0.5, 0.6) is 0 Å². The summed E-state index contributed by atoms with van der Waals surface area (Å²) in [6.45, 7) is 6.69. The predicted octanol–water partition coefficient (Wildman–Crippen LogP) is 22.6. The van der Waals surface area contributed by atoms with Gasteiger partial charge in [0.25, 0.3) is 0 Å². The van der Waals surface area contributed by atoms with Gasteiger partial charge in [-0.25, -0.2) is 0 Å². The van der Waals surface area contributed by atoms with Crippen LogP contribution in [-0.2, 0) is 28.6 Å². The van der Waals surface area contributed by atoms with Crippen LogP contribution in [0.15, 0.2) is 24.3 Å². The number of carbonyl (C=O) groups is 3. The third kappa shape index (κ3) is 60.8. The Bertz CT molecular complexity index is 1190. The highest BCUT2D eigenvalue weighted by atomic mass is 16.6. The second-order valence-corrected chi connectivity index (χ2v) is 22.7. The van der Waals surface area contributed by atoms with Gasteiger partial charge in [0.15, 0.2) is 6.10 Å². The maximum absolute atomic E-state index is 12.9. The molecule has 0 aromatic heterocycles. The molecule has 0 aliphatic carbocycles. The van der Waals surface area contributed by atoms with E-state index in [0.717, 1.165) is 64.2 Å². The van der Waals surface area contributed by atoms with Gasteiger partial charge in [-0.2, -0.15) is 0 Å². The van der Waals surface area contributed by atoms with Gasteiger partial charge in [-0.05, 0) is 70.6 Å². The Morgan fingerprint density at radius 3 is 0.676 bits per heavy atom. The molecule has 0 saturated carbocycles. The zero-order valence-electron chi connectivity index (χ0n) is 50.1. The van der Waals surface area contributed by atoms with E-state index in [9.17, 15) is 14.4 Å². The van der Waals surface area contributed by atoms with Gasteiger partial charge < -0.3 is 14.2 Å². The summed E-state index contributed by atoms with van der Waals surface area (Å²) in [7, 11) is 0.